The molecule has 2 N–H and O–H groups in total. The van der Waals surface area contributed by atoms with Crippen molar-refractivity contribution in [1.82, 2.24) is 5.32 Å². The standard InChI is InChI=1S/C20H28N2O2/c1-19(2)15-8-9-20(19,3)18(10-15)22-12-16(23)13-24-17-6-4-14(11-21)5-7-17/h4-7,15-16,18,22-23H,8-10,12-13H2,1-3H3/t15-,16+,18-,20-/m1/s1. The van der Waals surface area contributed by atoms with E-state index in [0.29, 0.717) is 34.7 Å². The fraction of sp³-hybridized carbons (Fsp3) is 0.650. The number of nitriles is 1. The summed E-state index contributed by atoms with van der Waals surface area (Å²) in [4.78, 5) is 0. The summed E-state index contributed by atoms with van der Waals surface area (Å²) in [5, 5.41) is 22.6. The normalized spacial score (nSPS) is 31.6. The zero-order chi connectivity index (χ0) is 17.4. The molecule has 3 rings (SSSR count). The summed E-state index contributed by atoms with van der Waals surface area (Å²) in [6, 6.07) is 9.53. The van der Waals surface area contributed by atoms with E-state index in [9.17, 15) is 5.11 Å². The molecule has 0 unspecified atom stereocenters. The van der Waals surface area contributed by atoms with Crippen LogP contribution in [0.15, 0.2) is 24.3 Å². The van der Waals surface area contributed by atoms with Crippen molar-refractivity contribution in [3.05, 3.63) is 29.8 Å². The maximum absolute atomic E-state index is 10.2. The van der Waals surface area contributed by atoms with Gasteiger partial charge in [-0.1, -0.05) is 20.8 Å². The number of aliphatic hydroxyl groups excluding tert-OH is 1. The predicted molar refractivity (Wildman–Crippen MR) is 93.7 cm³/mol. The fourth-order valence-corrected chi connectivity index (χ4v) is 4.67. The molecule has 0 aliphatic heterocycles. The van der Waals surface area contributed by atoms with Gasteiger partial charge < -0.3 is 15.2 Å². The second-order valence-corrected chi connectivity index (χ2v) is 8.17. The molecule has 1 aromatic rings. The van der Waals surface area contributed by atoms with E-state index in [1.807, 2.05) is 0 Å². The van der Waals surface area contributed by atoms with Crippen LogP contribution in [-0.4, -0.2) is 30.4 Å². The molecule has 0 amide bonds. The third-order valence-corrected chi connectivity index (χ3v) is 6.82. The minimum Gasteiger partial charge on any atom is -0.491 e. The second-order valence-electron chi connectivity index (χ2n) is 8.17. The molecule has 130 valence electrons. The summed E-state index contributed by atoms with van der Waals surface area (Å²) in [6.45, 7) is 8.01. The Labute approximate surface area is 144 Å². The molecule has 0 aromatic heterocycles. The van der Waals surface area contributed by atoms with Crippen LogP contribution < -0.4 is 10.1 Å². The van der Waals surface area contributed by atoms with Gasteiger partial charge in [0.25, 0.3) is 0 Å². The monoisotopic (exact) mass is 328 g/mol. The molecule has 4 nitrogen and oxygen atoms in total. The van der Waals surface area contributed by atoms with Crippen LogP contribution in [0.2, 0.25) is 0 Å². The van der Waals surface area contributed by atoms with E-state index in [0.717, 1.165) is 5.92 Å². The summed E-state index contributed by atoms with van der Waals surface area (Å²) in [7, 11) is 0. The highest BCUT2D eigenvalue weighted by molar-refractivity contribution is 5.34. The van der Waals surface area contributed by atoms with E-state index in [1.165, 1.54) is 19.3 Å². The molecule has 2 bridgehead atoms. The zero-order valence-electron chi connectivity index (χ0n) is 14.9. The summed E-state index contributed by atoms with van der Waals surface area (Å²) >= 11 is 0. The van der Waals surface area contributed by atoms with Crippen LogP contribution in [0.5, 0.6) is 5.75 Å². The Morgan fingerprint density at radius 2 is 2.04 bits per heavy atom. The average Bonchev–Trinajstić information content (AvgIpc) is 2.91. The first-order valence-electron chi connectivity index (χ1n) is 8.91. The number of rotatable bonds is 6. The largest absolute Gasteiger partial charge is 0.491 e. The number of nitrogens with zero attached hydrogens (tertiary/aromatic N) is 1. The third-order valence-electron chi connectivity index (χ3n) is 6.82. The molecule has 2 fully saturated rings. The molecule has 0 saturated heterocycles. The number of ether oxygens (including phenoxy) is 1. The van der Waals surface area contributed by atoms with Crippen molar-refractivity contribution >= 4 is 0 Å². The maximum Gasteiger partial charge on any atom is 0.119 e. The Balaban J connectivity index is 1.46. The number of hydrogen-bond acceptors (Lipinski definition) is 4. The number of aliphatic hydroxyl groups is 1. The van der Waals surface area contributed by atoms with E-state index >= 15 is 0 Å². The first kappa shape index (κ1) is 17.3. The van der Waals surface area contributed by atoms with Gasteiger partial charge in [0, 0.05) is 12.6 Å². The van der Waals surface area contributed by atoms with Crippen LogP contribution >= 0.6 is 0 Å². The van der Waals surface area contributed by atoms with Gasteiger partial charge in [-0.05, 0) is 60.3 Å². The number of hydrogen-bond donors (Lipinski definition) is 2. The van der Waals surface area contributed by atoms with E-state index < -0.39 is 6.10 Å². The molecule has 0 radical (unpaired) electrons. The van der Waals surface area contributed by atoms with Crippen molar-refractivity contribution in [3.63, 3.8) is 0 Å². The van der Waals surface area contributed by atoms with Gasteiger partial charge in [-0.3, -0.25) is 0 Å². The lowest BCUT2D eigenvalue weighted by Gasteiger charge is -2.40. The highest BCUT2D eigenvalue weighted by Crippen LogP contribution is 2.65. The van der Waals surface area contributed by atoms with E-state index in [2.05, 4.69) is 32.2 Å². The molecule has 24 heavy (non-hydrogen) atoms. The smallest absolute Gasteiger partial charge is 0.119 e. The van der Waals surface area contributed by atoms with Gasteiger partial charge >= 0.3 is 0 Å². The van der Waals surface area contributed by atoms with Crippen LogP contribution in [0, 0.1) is 28.1 Å². The molecule has 4 atom stereocenters. The van der Waals surface area contributed by atoms with E-state index in [-0.39, 0.29) is 6.61 Å². The highest BCUT2D eigenvalue weighted by Gasteiger charge is 2.60. The molecular formula is C20H28N2O2. The minimum absolute atomic E-state index is 0.259. The van der Waals surface area contributed by atoms with Gasteiger partial charge in [0.05, 0.1) is 11.6 Å². The molecule has 2 saturated carbocycles. The molecule has 4 heteroatoms. The quantitative estimate of drug-likeness (QED) is 0.842. The summed E-state index contributed by atoms with van der Waals surface area (Å²) in [5.41, 5.74) is 1.32. The molecule has 0 spiro atoms. The van der Waals surface area contributed by atoms with Crippen molar-refractivity contribution < 1.29 is 9.84 Å². The molecule has 2 aliphatic rings. The van der Waals surface area contributed by atoms with E-state index in [4.69, 9.17) is 10.00 Å². The van der Waals surface area contributed by atoms with Crippen LogP contribution in [0.3, 0.4) is 0 Å². The lowest BCUT2D eigenvalue weighted by Crippen LogP contribution is -2.47. The first-order valence-corrected chi connectivity index (χ1v) is 8.91. The lowest BCUT2D eigenvalue weighted by molar-refractivity contribution is 0.0825. The van der Waals surface area contributed by atoms with Crippen molar-refractivity contribution in [1.29, 1.82) is 5.26 Å². The van der Waals surface area contributed by atoms with E-state index in [1.54, 1.807) is 24.3 Å². The summed E-state index contributed by atoms with van der Waals surface area (Å²) in [5.74, 6) is 1.48. The Hall–Kier alpha value is -1.57. The summed E-state index contributed by atoms with van der Waals surface area (Å²) in [6.07, 6.45) is 3.30. The number of benzene rings is 1. The third kappa shape index (κ3) is 2.92. The van der Waals surface area contributed by atoms with Gasteiger partial charge in [-0.25, -0.2) is 0 Å². The van der Waals surface area contributed by atoms with Gasteiger partial charge in [0.1, 0.15) is 18.5 Å². The van der Waals surface area contributed by atoms with Crippen LogP contribution in [0.1, 0.15) is 45.6 Å². The van der Waals surface area contributed by atoms with Gasteiger partial charge in [-0.2, -0.15) is 5.26 Å². The fourth-order valence-electron chi connectivity index (χ4n) is 4.67. The Bertz CT molecular complexity index is 620. The van der Waals surface area contributed by atoms with Crippen molar-refractivity contribution in [2.45, 2.75) is 52.2 Å². The number of nitrogens with one attached hydrogen (secondary N) is 1. The Kier molecular flexibility index (Phi) is 4.59. The van der Waals surface area contributed by atoms with Gasteiger partial charge in [0.2, 0.25) is 0 Å². The zero-order valence-corrected chi connectivity index (χ0v) is 14.9. The first-order chi connectivity index (χ1) is 11.4. The van der Waals surface area contributed by atoms with Crippen molar-refractivity contribution in [2.75, 3.05) is 13.2 Å². The minimum atomic E-state index is -0.536. The van der Waals surface area contributed by atoms with Gasteiger partial charge in [0.15, 0.2) is 0 Å². The van der Waals surface area contributed by atoms with Crippen molar-refractivity contribution in [2.24, 2.45) is 16.7 Å². The molecule has 2 aliphatic carbocycles. The lowest BCUT2D eigenvalue weighted by atomic mass is 9.69. The van der Waals surface area contributed by atoms with Gasteiger partial charge in [-0.15, -0.1) is 0 Å². The second kappa shape index (κ2) is 6.38. The van der Waals surface area contributed by atoms with Crippen LogP contribution in [-0.2, 0) is 0 Å². The summed E-state index contributed by atoms with van der Waals surface area (Å²) < 4.78 is 5.61. The van der Waals surface area contributed by atoms with Crippen molar-refractivity contribution in [3.8, 4) is 11.8 Å². The molecular weight excluding hydrogens is 300 g/mol. The highest BCUT2D eigenvalue weighted by atomic mass is 16.5. The predicted octanol–water partition coefficient (Wildman–Crippen LogP) is 3.10. The SMILES string of the molecule is CC1(C)[C@@H]2CC[C@]1(C)[C@H](NC[C@H](O)COc1ccc(C#N)cc1)C2. The topological polar surface area (TPSA) is 65.3 Å². The maximum atomic E-state index is 10.2. The Morgan fingerprint density at radius 1 is 1.33 bits per heavy atom. The van der Waals surface area contributed by atoms with Crippen LogP contribution in [0.25, 0.3) is 0 Å². The average molecular weight is 328 g/mol. The molecule has 1 aromatic carbocycles. The Morgan fingerprint density at radius 3 is 2.58 bits per heavy atom. The van der Waals surface area contributed by atoms with Crippen LogP contribution in [0.4, 0.5) is 0 Å². The number of fused-ring (bicyclic) bond motifs is 2. The molecule has 0 heterocycles.